The van der Waals surface area contributed by atoms with Crippen molar-refractivity contribution in [1.82, 2.24) is 7.18 Å². The SMILES string of the molecule is Cc1ccccc1-c1n(I)c2c(c3ccccc3c3ccccc3c3cccc4c5ccccc5n2c34)[n+]1C. The van der Waals surface area contributed by atoms with Gasteiger partial charge in [-0.1, -0.05) is 97.1 Å². The van der Waals surface area contributed by atoms with Crippen molar-refractivity contribution in [3.8, 4) is 11.4 Å². The number of halogens is 1. The predicted octanol–water partition coefficient (Wildman–Crippen LogP) is 9.07. The second kappa shape index (κ2) is 8.42. The van der Waals surface area contributed by atoms with Gasteiger partial charge >= 0.3 is 0 Å². The van der Waals surface area contributed by atoms with Crippen LogP contribution in [0.15, 0.2) is 115 Å². The molecule has 3 heterocycles. The van der Waals surface area contributed by atoms with E-state index in [1.165, 1.54) is 71.2 Å². The van der Waals surface area contributed by atoms with E-state index in [9.17, 15) is 0 Å². The van der Waals surface area contributed by atoms with Gasteiger partial charge in [0.05, 0.1) is 23.6 Å². The van der Waals surface area contributed by atoms with Crippen molar-refractivity contribution in [2.45, 2.75) is 6.92 Å². The van der Waals surface area contributed by atoms with Crippen LogP contribution in [0, 0.1) is 6.92 Å². The first kappa shape index (κ1) is 22.8. The van der Waals surface area contributed by atoms with Crippen LogP contribution in [0.5, 0.6) is 0 Å². The highest BCUT2D eigenvalue weighted by Gasteiger charge is 2.29. The fraction of sp³-hybridized carbons (Fsp3) is 0.0571. The third-order valence-electron chi connectivity index (χ3n) is 8.22. The summed E-state index contributed by atoms with van der Waals surface area (Å²) in [5, 5.41) is 8.77. The second-order valence-corrected chi connectivity index (χ2v) is 11.3. The van der Waals surface area contributed by atoms with Gasteiger partial charge in [-0.25, -0.2) is 4.57 Å². The minimum atomic E-state index is 1.16. The molecule has 8 aromatic rings. The van der Waals surface area contributed by atoms with Crippen LogP contribution in [0.4, 0.5) is 0 Å². The summed E-state index contributed by atoms with van der Waals surface area (Å²) >= 11 is 2.52. The minimum absolute atomic E-state index is 1.16. The third-order valence-corrected chi connectivity index (χ3v) is 9.13. The zero-order valence-corrected chi connectivity index (χ0v) is 23.8. The van der Waals surface area contributed by atoms with Gasteiger partial charge in [-0.2, -0.15) is 0 Å². The lowest BCUT2D eigenvalue weighted by Crippen LogP contribution is -2.30. The van der Waals surface area contributed by atoms with Crippen LogP contribution in [-0.4, -0.2) is 7.18 Å². The van der Waals surface area contributed by atoms with Gasteiger partial charge in [0.2, 0.25) is 28.4 Å². The first-order chi connectivity index (χ1) is 19.1. The summed E-state index contributed by atoms with van der Waals surface area (Å²) in [5.41, 5.74) is 7.31. The average Bonchev–Trinajstić information content (AvgIpc) is 3.44. The molecular weight excluding hydrogens is 589 g/mol. The molecule has 0 N–H and O–H groups in total. The van der Waals surface area contributed by atoms with Crippen LogP contribution in [0.1, 0.15) is 5.56 Å². The molecule has 8 rings (SSSR count). The van der Waals surface area contributed by atoms with Crippen molar-refractivity contribution in [2.24, 2.45) is 7.05 Å². The predicted molar refractivity (Wildman–Crippen MR) is 172 cm³/mol. The maximum atomic E-state index is 2.52. The molecule has 3 nitrogen and oxygen atoms in total. The number of para-hydroxylation sites is 2. The number of rotatable bonds is 1. The van der Waals surface area contributed by atoms with E-state index in [4.69, 9.17) is 0 Å². The van der Waals surface area contributed by atoms with Crippen molar-refractivity contribution in [1.29, 1.82) is 0 Å². The van der Waals surface area contributed by atoms with Gasteiger partial charge in [0, 0.05) is 21.5 Å². The summed E-state index contributed by atoms with van der Waals surface area (Å²) in [7, 11) is 2.21. The van der Waals surface area contributed by atoms with Gasteiger partial charge < -0.3 is 0 Å². The summed E-state index contributed by atoms with van der Waals surface area (Å²) in [4.78, 5) is 0. The van der Waals surface area contributed by atoms with Crippen molar-refractivity contribution >= 4 is 82.8 Å². The molecule has 39 heavy (non-hydrogen) atoms. The van der Waals surface area contributed by atoms with E-state index in [0.717, 1.165) is 5.65 Å². The zero-order chi connectivity index (χ0) is 26.2. The van der Waals surface area contributed by atoms with Crippen LogP contribution < -0.4 is 4.57 Å². The number of hydrogen-bond acceptors (Lipinski definition) is 0. The Hall–Kier alpha value is -4.16. The summed E-state index contributed by atoms with van der Waals surface area (Å²) in [5.74, 6) is 1.17. The van der Waals surface area contributed by atoms with Crippen molar-refractivity contribution < 1.29 is 4.57 Å². The minimum Gasteiger partial charge on any atom is -0.272 e. The number of hydrogen-bond donors (Lipinski definition) is 0. The van der Waals surface area contributed by atoms with Gasteiger partial charge in [0.25, 0.3) is 11.5 Å². The summed E-state index contributed by atoms with van der Waals surface area (Å²) in [6.45, 7) is 2.20. The van der Waals surface area contributed by atoms with Crippen LogP contribution in [-0.2, 0) is 7.05 Å². The van der Waals surface area contributed by atoms with Gasteiger partial charge in [-0.3, -0.25) is 4.40 Å². The molecule has 0 radical (unpaired) electrons. The van der Waals surface area contributed by atoms with Gasteiger partial charge in [-0.05, 0) is 46.8 Å². The van der Waals surface area contributed by atoms with E-state index >= 15 is 0 Å². The van der Waals surface area contributed by atoms with Gasteiger partial charge in [-0.15, -0.1) is 2.78 Å². The molecule has 0 aliphatic carbocycles. The second-order valence-electron chi connectivity index (χ2n) is 10.3. The molecule has 0 unspecified atom stereocenters. The Bertz CT molecular complexity index is 2320. The highest BCUT2D eigenvalue weighted by atomic mass is 127. The van der Waals surface area contributed by atoms with Crippen LogP contribution in [0.2, 0.25) is 0 Å². The topological polar surface area (TPSA) is 13.2 Å². The Balaban J connectivity index is 1.84. The maximum Gasteiger partial charge on any atom is 0.299 e. The van der Waals surface area contributed by atoms with Gasteiger partial charge in [0.1, 0.15) is 0 Å². The zero-order valence-electron chi connectivity index (χ0n) is 21.7. The molecule has 0 atom stereocenters. The van der Waals surface area contributed by atoms with E-state index in [0.29, 0.717) is 0 Å². The number of fused-ring (bicyclic) bond motifs is 10. The normalized spacial score (nSPS) is 12.0. The lowest BCUT2D eigenvalue weighted by Gasteiger charge is -2.04. The Morgan fingerprint density at radius 3 is 1.79 bits per heavy atom. The Morgan fingerprint density at radius 2 is 1.08 bits per heavy atom. The largest absolute Gasteiger partial charge is 0.299 e. The molecule has 0 fully saturated rings. The fourth-order valence-corrected chi connectivity index (χ4v) is 7.55. The molecule has 0 aliphatic rings. The highest BCUT2D eigenvalue weighted by Crippen LogP contribution is 2.39. The number of aryl methyl sites for hydroxylation is 2. The summed E-state index contributed by atoms with van der Waals surface area (Å²) in [6.07, 6.45) is 0. The van der Waals surface area contributed by atoms with E-state index in [-0.39, 0.29) is 0 Å². The van der Waals surface area contributed by atoms with Crippen molar-refractivity contribution in [3.63, 3.8) is 0 Å². The lowest BCUT2D eigenvalue weighted by molar-refractivity contribution is -0.632. The first-order valence-electron chi connectivity index (χ1n) is 13.2. The van der Waals surface area contributed by atoms with Gasteiger partial charge in [0.15, 0.2) is 0 Å². The Morgan fingerprint density at radius 1 is 0.564 bits per heavy atom. The molecular formula is C35H25IN3+. The number of nitrogens with zero attached hydrogens (tertiary/aromatic N) is 3. The van der Waals surface area contributed by atoms with Crippen LogP contribution in [0.3, 0.4) is 0 Å². The smallest absolute Gasteiger partial charge is 0.272 e. The number of imidazole rings is 1. The summed E-state index contributed by atoms with van der Waals surface area (Å²) < 4.78 is 7.26. The molecule has 4 heteroatoms. The Labute approximate surface area is 239 Å². The highest BCUT2D eigenvalue weighted by molar-refractivity contribution is 14.1. The van der Waals surface area contributed by atoms with E-state index in [1.54, 1.807) is 0 Å². The third kappa shape index (κ3) is 3.06. The quantitative estimate of drug-likeness (QED) is 0.129. The van der Waals surface area contributed by atoms with Crippen molar-refractivity contribution in [2.75, 3.05) is 0 Å². The Kier molecular flexibility index (Phi) is 4.92. The summed E-state index contributed by atoms with van der Waals surface area (Å²) in [6, 6.07) is 42.0. The van der Waals surface area contributed by atoms with E-state index in [1.807, 2.05) is 0 Å². The molecule has 0 amide bonds. The first-order valence-corrected chi connectivity index (χ1v) is 14.2. The lowest BCUT2D eigenvalue weighted by atomic mass is 10.0. The van der Waals surface area contributed by atoms with E-state index in [2.05, 4.69) is 164 Å². The molecule has 0 saturated carbocycles. The van der Waals surface area contributed by atoms with Crippen molar-refractivity contribution in [3.05, 3.63) is 121 Å². The molecule has 0 spiro atoms. The molecule has 5 aromatic carbocycles. The van der Waals surface area contributed by atoms with E-state index < -0.39 is 0 Å². The molecule has 0 aliphatic heterocycles. The average molecular weight is 615 g/mol. The van der Waals surface area contributed by atoms with Crippen LogP contribution >= 0.6 is 22.9 Å². The molecule has 3 aromatic heterocycles. The number of aromatic nitrogens is 3. The number of benzene rings is 5. The van der Waals surface area contributed by atoms with Crippen LogP contribution in [0.25, 0.3) is 71.3 Å². The monoisotopic (exact) mass is 614 g/mol. The fourth-order valence-electron chi connectivity index (χ4n) is 6.52. The molecule has 0 saturated heterocycles. The molecule has 0 bridgehead atoms. The standard InChI is InChI=1S/C35H25IN3/c1-22-12-3-4-13-23(22)34-37(2)33-29-18-8-7-16-26(29)24-14-5-6-15-25(24)28-19-11-20-30-27-17-9-10-21-31(27)38(32(28)30)35(33)39(34)36/h3-21H,1-2H3/q+1. The molecule has 186 valence electrons. The maximum absolute atomic E-state index is 2.52.